The molecular weight excluding hydrogens is 538 g/mol. The number of nitrogens with zero attached hydrogens (tertiary/aromatic N) is 4. The second kappa shape index (κ2) is 13.4. The van der Waals surface area contributed by atoms with Crippen molar-refractivity contribution in [3.8, 4) is 0 Å². The lowest BCUT2D eigenvalue weighted by atomic mass is 10.1. The average molecular weight is 570 g/mol. The molecule has 0 radical (unpaired) electrons. The number of halogens is 1. The highest BCUT2D eigenvalue weighted by molar-refractivity contribution is 6.31. The predicted octanol–water partition coefficient (Wildman–Crippen LogP) is 4.09. The van der Waals surface area contributed by atoms with Crippen molar-refractivity contribution >= 4 is 35.1 Å². The van der Waals surface area contributed by atoms with Crippen molar-refractivity contribution in [2.75, 3.05) is 36.4 Å². The second-order valence-electron chi connectivity index (χ2n) is 9.85. The zero-order valence-electron chi connectivity index (χ0n) is 22.6. The molecule has 2 amide bonds. The number of hydrogen-bond acceptors (Lipinski definition) is 7. The molecule has 1 aliphatic rings. The van der Waals surface area contributed by atoms with Gasteiger partial charge in [0, 0.05) is 80.0 Å². The maximum absolute atomic E-state index is 13.1. The fourth-order valence-electron chi connectivity index (χ4n) is 4.68. The predicted molar refractivity (Wildman–Crippen MR) is 161 cm³/mol. The number of nitrogens with two attached hydrogens (primary N) is 1. The number of aromatic nitrogens is 2. The lowest BCUT2D eigenvalue weighted by Gasteiger charge is -2.35. The van der Waals surface area contributed by atoms with Crippen molar-refractivity contribution in [1.29, 1.82) is 0 Å². The first-order chi connectivity index (χ1) is 20.0. The van der Waals surface area contributed by atoms with Gasteiger partial charge in [-0.2, -0.15) is 0 Å². The molecule has 10 heteroatoms. The van der Waals surface area contributed by atoms with Crippen LogP contribution in [-0.2, 0) is 19.6 Å². The van der Waals surface area contributed by atoms with Gasteiger partial charge >= 0.3 is 0 Å². The maximum Gasteiger partial charge on any atom is 0.255 e. The number of benzene rings is 3. The van der Waals surface area contributed by atoms with E-state index in [1.165, 1.54) is 0 Å². The van der Waals surface area contributed by atoms with Crippen LogP contribution in [0.3, 0.4) is 0 Å². The first-order valence-electron chi connectivity index (χ1n) is 13.5. The lowest BCUT2D eigenvalue weighted by Crippen LogP contribution is -2.46. The Bertz CT molecular complexity index is 1490. The Hall–Kier alpha value is -4.31. The molecule has 0 bridgehead atoms. The van der Waals surface area contributed by atoms with Crippen LogP contribution in [-0.4, -0.2) is 52.9 Å². The third kappa shape index (κ3) is 7.46. The molecule has 210 valence electrons. The van der Waals surface area contributed by atoms with Crippen LogP contribution in [0, 0.1) is 0 Å². The summed E-state index contributed by atoms with van der Waals surface area (Å²) in [7, 11) is 0. The topological polar surface area (TPSA) is 116 Å². The van der Waals surface area contributed by atoms with Crippen molar-refractivity contribution < 1.29 is 9.59 Å². The van der Waals surface area contributed by atoms with Crippen LogP contribution < -0.4 is 21.3 Å². The largest absolute Gasteiger partial charge is 0.348 e. The molecular formula is C31H32ClN7O2. The fourth-order valence-corrected chi connectivity index (χ4v) is 4.87. The zero-order valence-corrected chi connectivity index (χ0v) is 23.3. The molecule has 4 aromatic rings. The summed E-state index contributed by atoms with van der Waals surface area (Å²) in [6.45, 7) is 4.67. The van der Waals surface area contributed by atoms with Crippen LogP contribution in [0.2, 0.25) is 5.02 Å². The van der Waals surface area contributed by atoms with Gasteiger partial charge in [0.05, 0.1) is 0 Å². The summed E-state index contributed by atoms with van der Waals surface area (Å²) in [6.07, 6.45) is 3.50. The van der Waals surface area contributed by atoms with E-state index in [4.69, 9.17) is 17.3 Å². The number of rotatable bonds is 9. The minimum Gasteiger partial charge on any atom is -0.348 e. The van der Waals surface area contributed by atoms with E-state index in [1.807, 2.05) is 36.4 Å². The van der Waals surface area contributed by atoms with Crippen LogP contribution in [0.5, 0.6) is 0 Å². The van der Waals surface area contributed by atoms with Gasteiger partial charge < -0.3 is 21.3 Å². The van der Waals surface area contributed by atoms with E-state index < -0.39 is 0 Å². The molecule has 0 aliphatic carbocycles. The Morgan fingerprint density at radius 1 is 0.829 bits per heavy atom. The summed E-state index contributed by atoms with van der Waals surface area (Å²) >= 11 is 6.12. The minimum atomic E-state index is -0.294. The molecule has 5 rings (SSSR count). The van der Waals surface area contributed by atoms with E-state index in [-0.39, 0.29) is 11.8 Å². The van der Waals surface area contributed by atoms with Crippen molar-refractivity contribution in [3.05, 3.63) is 118 Å². The van der Waals surface area contributed by atoms with Gasteiger partial charge in [-0.3, -0.25) is 14.5 Å². The monoisotopic (exact) mass is 569 g/mol. The molecule has 0 spiro atoms. The molecule has 3 aromatic carbocycles. The summed E-state index contributed by atoms with van der Waals surface area (Å²) in [5.74, 6) is 0.207. The molecule has 1 aliphatic heterocycles. The molecule has 1 aromatic heterocycles. The van der Waals surface area contributed by atoms with Gasteiger partial charge in [0.1, 0.15) is 0 Å². The van der Waals surface area contributed by atoms with Gasteiger partial charge in [-0.05, 0) is 53.1 Å². The molecule has 1 fully saturated rings. The van der Waals surface area contributed by atoms with Gasteiger partial charge in [0.25, 0.3) is 11.8 Å². The first-order valence-corrected chi connectivity index (χ1v) is 13.9. The normalized spacial score (nSPS) is 13.6. The number of piperazine rings is 1. The quantitative estimate of drug-likeness (QED) is 0.278. The van der Waals surface area contributed by atoms with E-state index >= 15 is 0 Å². The van der Waals surface area contributed by atoms with Gasteiger partial charge in [-0.15, -0.1) is 0 Å². The second-order valence-corrected chi connectivity index (χ2v) is 10.3. The van der Waals surface area contributed by atoms with E-state index in [2.05, 4.69) is 30.4 Å². The minimum absolute atomic E-state index is 0.228. The van der Waals surface area contributed by atoms with Crippen LogP contribution in [0.1, 0.15) is 37.4 Å². The summed E-state index contributed by atoms with van der Waals surface area (Å²) in [4.78, 5) is 39.4. The number of amides is 2. The number of hydrogen-bond donors (Lipinski definition) is 3. The van der Waals surface area contributed by atoms with E-state index in [9.17, 15) is 9.59 Å². The highest BCUT2D eigenvalue weighted by atomic mass is 35.5. The van der Waals surface area contributed by atoms with Crippen molar-refractivity contribution in [2.45, 2.75) is 19.6 Å². The summed E-state index contributed by atoms with van der Waals surface area (Å²) in [5, 5.41) is 6.46. The van der Waals surface area contributed by atoms with Crippen LogP contribution in [0.25, 0.3) is 0 Å². The van der Waals surface area contributed by atoms with Crippen molar-refractivity contribution in [3.63, 3.8) is 0 Å². The van der Waals surface area contributed by atoms with E-state index in [1.54, 1.807) is 48.8 Å². The van der Waals surface area contributed by atoms with Crippen LogP contribution in [0.4, 0.5) is 11.6 Å². The molecule has 1 saturated heterocycles. The molecule has 9 nitrogen and oxygen atoms in total. The van der Waals surface area contributed by atoms with Gasteiger partial charge in [0.2, 0.25) is 5.95 Å². The Kier molecular flexibility index (Phi) is 9.20. The third-order valence-corrected chi connectivity index (χ3v) is 7.26. The highest BCUT2D eigenvalue weighted by Crippen LogP contribution is 2.23. The van der Waals surface area contributed by atoms with Crippen LogP contribution >= 0.6 is 11.6 Å². The summed E-state index contributed by atoms with van der Waals surface area (Å²) in [6, 6.07) is 21.8. The third-order valence-electron chi connectivity index (χ3n) is 7.02. The van der Waals surface area contributed by atoms with E-state index in [0.717, 1.165) is 48.8 Å². The van der Waals surface area contributed by atoms with Crippen molar-refractivity contribution in [2.24, 2.45) is 5.73 Å². The smallest absolute Gasteiger partial charge is 0.255 e. The molecule has 0 saturated carbocycles. The number of carbonyl (C=O) groups excluding carboxylic acids is 2. The number of nitrogens with one attached hydrogen (secondary N) is 2. The van der Waals surface area contributed by atoms with Gasteiger partial charge in [0.15, 0.2) is 0 Å². The van der Waals surface area contributed by atoms with E-state index in [0.29, 0.717) is 41.5 Å². The van der Waals surface area contributed by atoms with Gasteiger partial charge in [-0.25, -0.2) is 9.97 Å². The number of carbonyl (C=O) groups is 2. The Labute approximate surface area is 244 Å². The Balaban J connectivity index is 1.30. The summed E-state index contributed by atoms with van der Waals surface area (Å²) < 4.78 is 0. The van der Waals surface area contributed by atoms with Crippen LogP contribution in [0.15, 0.2) is 85.2 Å². The standard InChI is InChI=1S/C31H32ClN7O2/c32-27-4-1-3-24(17-27)30(41)37-28-18-25(29(40)36-20-23-7-5-22(19-33)6-8-23)9-10-26(28)21-38-13-15-39(16-14-38)31-34-11-2-12-35-31/h1-12,17-18H,13-16,19-21,33H2,(H,36,40)(H,37,41). The highest BCUT2D eigenvalue weighted by Gasteiger charge is 2.21. The lowest BCUT2D eigenvalue weighted by molar-refractivity contribution is 0.0949. The molecule has 2 heterocycles. The molecule has 4 N–H and O–H groups in total. The molecule has 0 atom stereocenters. The average Bonchev–Trinajstić information content (AvgIpc) is 3.01. The Morgan fingerprint density at radius 2 is 1.54 bits per heavy atom. The molecule has 41 heavy (non-hydrogen) atoms. The maximum atomic E-state index is 13.1. The zero-order chi connectivity index (χ0) is 28.6. The number of anilines is 2. The fraction of sp³-hybridized carbons (Fsp3) is 0.226. The first kappa shape index (κ1) is 28.2. The SMILES string of the molecule is NCc1ccc(CNC(=O)c2ccc(CN3CCN(c4ncccn4)CC3)c(NC(=O)c3cccc(Cl)c3)c2)cc1. The van der Waals surface area contributed by atoms with Crippen molar-refractivity contribution in [1.82, 2.24) is 20.2 Å². The molecule has 0 unspecified atom stereocenters. The summed E-state index contributed by atoms with van der Waals surface area (Å²) in [5.41, 5.74) is 10.1. The Morgan fingerprint density at radius 3 is 2.24 bits per heavy atom. The van der Waals surface area contributed by atoms with Gasteiger partial charge in [-0.1, -0.05) is 48.0 Å².